The van der Waals surface area contributed by atoms with Gasteiger partial charge in [0, 0.05) is 43.2 Å². The number of nitrogens with one attached hydrogen (secondary N) is 2. The van der Waals surface area contributed by atoms with E-state index in [0.717, 1.165) is 73.7 Å². The Morgan fingerprint density at radius 3 is 2.60 bits per heavy atom. The van der Waals surface area contributed by atoms with Crippen LogP contribution in [-0.2, 0) is 16.0 Å². The summed E-state index contributed by atoms with van der Waals surface area (Å²) in [4.78, 5) is 29.4. The number of phenols is 1. The topological polar surface area (TPSA) is 85.4 Å². The summed E-state index contributed by atoms with van der Waals surface area (Å²) in [6.07, 6.45) is 8.20. The predicted molar refractivity (Wildman–Crippen MR) is 122 cm³/mol. The first-order chi connectivity index (χ1) is 14.4. The molecule has 30 heavy (non-hydrogen) atoms. The van der Waals surface area contributed by atoms with Crippen LogP contribution in [0.25, 0.3) is 10.9 Å². The molecule has 0 aliphatic heterocycles. The Balaban J connectivity index is 1.58. The maximum atomic E-state index is 12.3. The van der Waals surface area contributed by atoms with Gasteiger partial charge in [-0.1, -0.05) is 32.6 Å². The Morgan fingerprint density at radius 2 is 1.83 bits per heavy atom. The average Bonchev–Trinajstić information content (AvgIpc) is 3.02. The van der Waals surface area contributed by atoms with Gasteiger partial charge in [0.15, 0.2) is 0 Å². The van der Waals surface area contributed by atoms with Gasteiger partial charge in [-0.25, -0.2) is 0 Å². The number of carbonyl (C=O) groups is 2. The van der Waals surface area contributed by atoms with E-state index in [-0.39, 0.29) is 17.6 Å². The van der Waals surface area contributed by atoms with Crippen LogP contribution in [0.1, 0.15) is 69.5 Å². The summed E-state index contributed by atoms with van der Waals surface area (Å²) in [7, 11) is 1.89. The lowest BCUT2D eigenvalue weighted by atomic mass is 10.1. The van der Waals surface area contributed by atoms with Gasteiger partial charge in [-0.15, -0.1) is 0 Å². The summed E-state index contributed by atoms with van der Waals surface area (Å²) >= 11 is 0. The maximum Gasteiger partial charge on any atom is 0.224 e. The van der Waals surface area contributed by atoms with Crippen LogP contribution >= 0.6 is 0 Å². The van der Waals surface area contributed by atoms with Crippen molar-refractivity contribution in [2.45, 2.75) is 71.6 Å². The number of nitrogens with zero attached hydrogens (tertiary/aromatic N) is 1. The number of hydrogen-bond donors (Lipinski definition) is 3. The molecule has 0 aliphatic rings. The highest BCUT2D eigenvalue weighted by Gasteiger charge is 2.13. The molecule has 3 N–H and O–H groups in total. The first kappa shape index (κ1) is 23.8. The molecule has 0 fully saturated rings. The molecule has 0 aliphatic carbocycles. The number of aromatic hydroxyl groups is 1. The molecule has 6 nitrogen and oxygen atoms in total. The number of aromatic nitrogens is 1. The molecule has 0 radical (unpaired) electrons. The maximum absolute atomic E-state index is 12.3. The normalized spacial score (nSPS) is 11.0. The third-order valence-electron chi connectivity index (χ3n) is 5.60. The molecule has 2 rings (SSSR count). The van der Waals surface area contributed by atoms with Gasteiger partial charge >= 0.3 is 0 Å². The van der Waals surface area contributed by atoms with E-state index in [2.05, 4.69) is 17.2 Å². The van der Waals surface area contributed by atoms with Gasteiger partial charge in [-0.05, 0) is 49.9 Å². The van der Waals surface area contributed by atoms with Crippen molar-refractivity contribution in [2.75, 3.05) is 20.1 Å². The van der Waals surface area contributed by atoms with E-state index in [1.807, 2.05) is 24.9 Å². The Kier molecular flexibility index (Phi) is 9.71. The summed E-state index contributed by atoms with van der Waals surface area (Å²) < 4.78 is 0. The molecule has 2 amide bonds. The molecule has 1 heterocycles. The Hall–Kier alpha value is -2.50. The molecular weight excluding hydrogens is 378 g/mol. The third-order valence-corrected chi connectivity index (χ3v) is 5.60. The second-order valence-electron chi connectivity index (χ2n) is 8.17. The second-order valence-corrected chi connectivity index (χ2v) is 8.17. The van der Waals surface area contributed by atoms with E-state index in [0.29, 0.717) is 19.4 Å². The number of H-pyrrole nitrogens is 1. The molecule has 0 bridgehead atoms. The molecule has 0 atom stereocenters. The smallest absolute Gasteiger partial charge is 0.224 e. The van der Waals surface area contributed by atoms with Crippen molar-refractivity contribution in [3.63, 3.8) is 0 Å². The lowest BCUT2D eigenvalue weighted by Crippen LogP contribution is -2.27. The van der Waals surface area contributed by atoms with Crippen LogP contribution in [-0.4, -0.2) is 46.9 Å². The quantitative estimate of drug-likeness (QED) is 0.423. The number of carbonyl (C=O) groups excluding carboxylic acids is 2. The molecule has 0 saturated carbocycles. The van der Waals surface area contributed by atoms with Crippen molar-refractivity contribution >= 4 is 22.7 Å². The number of hydrogen-bond acceptors (Lipinski definition) is 3. The largest absolute Gasteiger partial charge is 0.508 e. The fourth-order valence-corrected chi connectivity index (χ4v) is 3.69. The average molecular weight is 416 g/mol. The van der Waals surface area contributed by atoms with E-state index in [9.17, 15) is 14.7 Å². The van der Waals surface area contributed by atoms with Gasteiger partial charge in [0.2, 0.25) is 11.8 Å². The zero-order chi connectivity index (χ0) is 21.9. The van der Waals surface area contributed by atoms with Crippen molar-refractivity contribution in [1.29, 1.82) is 0 Å². The SMILES string of the molecule is CCCCN(C)C(=O)CCCCCCCNC(=O)Cc1c(C)[nH]c2ccc(O)cc12. The predicted octanol–water partition coefficient (Wildman–Crippen LogP) is 4.44. The summed E-state index contributed by atoms with van der Waals surface area (Å²) in [5.41, 5.74) is 2.83. The van der Waals surface area contributed by atoms with Crippen LogP contribution in [0.4, 0.5) is 0 Å². The van der Waals surface area contributed by atoms with Crippen LogP contribution in [0.3, 0.4) is 0 Å². The number of aromatic amines is 1. The van der Waals surface area contributed by atoms with Crippen molar-refractivity contribution < 1.29 is 14.7 Å². The fourth-order valence-electron chi connectivity index (χ4n) is 3.69. The van der Waals surface area contributed by atoms with Gasteiger partial charge < -0.3 is 20.3 Å². The zero-order valence-corrected chi connectivity index (χ0v) is 18.7. The van der Waals surface area contributed by atoms with Crippen LogP contribution in [0.5, 0.6) is 5.75 Å². The number of aryl methyl sites for hydroxylation is 1. The van der Waals surface area contributed by atoms with Gasteiger partial charge in [0.05, 0.1) is 6.42 Å². The molecular formula is C24H37N3O3. The summed E-state index contributed by atoms with van der Waals surface area (Å²) in [5.74, 6) is 0.456. The zero-order valence-electron chi connectivity index (χ0n) is 18.7. The lowest BCUT2D eigenvalue weighted by Gasteiger charge is -2.16. The third kappa shape index (κ3) is 7.39. The number of fused-ring (bicyclic) bond motifs is 1. The molecule has 1 aromatic carbocycles. The highest BCUT2D eigenvalue weighted by Crippen LogP contribution is 2.26. The summed E-state index contributed by atoms with van der Waals surface area (Å²) in [6.45, 7) is 5.61. The minimum absolute atomic E-state index is 0.00283. The van der Waals surface area contributed by atoms with Gasteiger partial charge in [-0.3, -0.25) is 9.59 Å². The molecule has 6 heteroatoms. The van der Waals surface area contributed by atoms with Crippen molar-refractivity contribution in [2.24, 2.45) is 0 Å². The molecule has 166 valence electrons. The monoisotopic (exact) mass is 415 g/mol. The van der Waals surface area contributed by atoms with E-state index in [1.165, 1.54) is 0 Å². The van der Waals surface area contributed by atoms with Crippen LogP contribution in [0, 0.1) is 6.92 Å². The van der Waals surface area contributed by atoms with E-state index < -0.39 is 0 Å². The number of phenolic OH excluding ortho intramolecular Hbond substituents is 1. The summed E-state index contributed by atoms with van der Waals surface area (Å²) in [6, 6.07) is 5.17. The van der Waals surface area contributed by atoms with E-state index in [4.69, 9.17) is 0 Å². The first-order valence-electron chi connectivity index (χ1n) is 11.2. The van der Waals surface area contributed by atoms with Gasteiger partial charge in [-0.2, -0.15) is 0 Å². The fraction of sp³-hybridized carbons (Fsp3) is 0.583. The molecule has 2 aromatic rings. The minimum atomic E-state index is 0.00283. The van der Waals surface area contributed by atoms with Gasteiger partial charge in [0.25, 0.3) is 0 Å². The highest BCUT2D eigenvalue weighted by molar-refractivity contribution is 5.90. The number of amides is 2. The van der Waals surface area contributed by atoms with Crippen LogP contribution in [0.2, 0.25) is 0 Å². The number of benzene rings is 1. The first-order valence-corrected chi connectivity index (χ1v) is 11.2. The number of rotatable bonds is 13. The van der Waals surface area contributed by atoms with Crippen molar-refractivity contribution in [1.82, 2.24) is 15.2 Å². The molecule has 0 spiro atoms. The van der Waals surface area contributed by atoms with Crippen molar-refractivity contribution in [3.05, 3.63) is 29.5 Å². The van der Waals surface area contributed by atoms with E-state index in [1.54, 1.807) is 12.1 Å². The summed E-state index contributed by atoms with van der Waals surface area (Å²) in [5, 5.41) is 13.6. The highest BCUT2D eigenvalue weighted by atomic mass is 16.3. The molecule has 0 unspecified atom stereocenters. The van der Waals surface area contributed by atoms with Crippen LogP contribution in [0.15, 0.2) is 18.2 Å². The van der Waals surface area contributed by atoms with E-state index >= 15 is 0 Å². The van der Waals surface area contributed by atoms with Gasteiger partial charge in [0.1, 0.15) is 5.75 Å². The van der Waals surface area contributed by atoms with Crippen molar-refractivity contribution in [3.8, 4) is 5.75 Å². The minimum Gasteiger partial charge on any atom is -0.508 e. The number of unbranched alkanes of at least 4 members (excludes halogenated alkanes) is 5. The molecule has 0 saturated heterocycles. The Bertz CT molecular complexity index is 828. The second kappa shape index (κ2) is 12.3. The molecule has 1 aromatic heterocycles. The standard InChI is InChI=1S/C24H37N3O3/c1-4-5-15-27(3)24(30)11-9-7-6-8-10-14-25-23(29)17-20-18(2)26-22-13-12-19(28)16-21(20)22/h12-13,16,26,28H,4-11,14-15,17H2,1-3H3,(H,25,29). The van der Waals surface area contributed by atoms with Crippen LogP contribution < -0.4 is 5.32 Å². The Morgan fingerprint density at radius 1 is 1.10 bits per heavy atom. The Labute approximate surface area is 180 Å². The lowest BCUT2D eigenvalue weighted by molar-refractivity contribution is -0.130.